The maximum absolute atomic E-state index is 13.5. The summed E-state index contributed by atoms with van der Waals surface area (Å²) >= 11 is 0. The first-order valence-electron chi connectivity index (χ1n) is 11.0. The Hall–Kier alpha value is -2.58. The van der Waals surface area contributed by atoms with Gasteiger partial charge in [-0.3, -0.25) is 4.79 Å². The van der Waals surface area contributed by atoms with Crippen LogP contribution >= 0.6 is 0 Å². The monoisotopic (exact) mass is 459 g/mol. The summed E-state index contributed by atoms with van der Waals surface area (Å²) in [5.41, 5.74) is 1.89. The highest BCUT2D eigenvalue weighted by molar-refractivity contribution is 7.89. The summed E-state index contributed by atoms with van der Waals surface area (Å²) in [5, 5.41) is 2.87. The minimum absolute atomic E-state index is 0.0217. The standard InChI is InChI=1S/C24H33N3O4S/c1-6-26(4)21-9-7-8-20(14-21)25-24(28)19-10-11-22(31-5)23(13-19)32(29,30)27-15-17(2)12-18(3)16-27/h7-11,13-14,17-18H,6,12,15-16H2,1-5H3,(H,25,28). The van der Waals surface area contributed by atoms with Crippen molar-refractivity contribution in [2.45, 2.75) is 32.1 Å². The molecule has 8 heteroatoms. The lowest BCUT2D eigenvalue weighted by molar-refractivity contribution is 0.102. The van der Waals surface area contributed by atoms with Gasteiger partial charge in [-0.1, -0.05) is 19.9 Å². The van der Waals surface area contributed by atoms with Gasteiger partial charge >= 0.3 is 0 Å². The van der Waals surface area contributed by atoms with Crippen molar-refractivity contribution in [2.24, 2.45) is 11.8 Å². The first kappa shape index (κ1) is 24.1. The van der Waals surface area contributed by atoms with E-state index in [-0.39, 0.29) is 34.0 Å². The van der Waals surface area contributed by atoms with E-state index in [0.29, 0.717) is 18.8 Å². The quantitative estimate of drug-likeness (QED) is 0.675. The lowest BCUT2D eigenvalue weighted by atomic mass is 9.94. The fraction of sp³-hybridized carbons (Fsp3) is 0.458. The number of nitrogens with zero attached hydrogens (tertiary/aromatic N) is 2. The van der Waals surface area contributed by atoms with Gasteiger partial charge < -0.3 is 15.0 Å². The minimum atomic E-state index is -3.80. The molecule has 1 aliphatic heterocycles. The molecular weight excluding hydrogens is 426 g/mol. The van der Waals surface area contributed by atoms with E-state index >= 15 is 0 Å². The molecule has 2 atom stereocenters. The molecule has 2 aromatic rings. The van der Waals surface area contributed by atoms with Gasteiger partial charge in [-0.05, 0) is 61.6 Å². The zero-order valence-corrected chi connectivity index (χ0v) is 20.3. The number of rotatable bonds is 7. The number of nitrogens with one attached hydrogen (secondary N) is 1. The fourth-order valence-electron chi connectivity index (χ4n) is 4.17. The molecular formula is C24H33N3O4S. The first-order valence-corrected chi connectivity index (χ1v) is 12.4. The van der Waals surface area contributed by atoms with E-state index in [1.165, 1.54) is 17.5 Å². The number of sulfonamides is 1. The number of ether oxygens (including phenoxy) is 1. The summed E-state index contributed by atoms with van der Waals surface area (Å²) in [6.45, 7) is 7.93. The van der Waals surface area contributed by atoms with E-state index in [1.807, 2.05) is 31.3 Å². The third kappa shape index (κ3) is 5.24. The Morgan fingerprint density at radius 1 is 1.16 bits per heavy atom. The van der Waals surface area contributed by atoms with Crippen molar-refractivity contribution in [1.82, 2.24) is 4.31 Å². The summed E-state index contributed by atoms with van der Waals surface area (Å²) in [5.74, 6) is 0.416. The van der Waals surface area contributed by atoms with E-state index in [2.05, 4.69) is 31.0 Å². The van der Waals surface area contributed by atoms with E-state index < -0.39 is 10.0 Å². The zero-order chi connectivity index (χ0) is 23.5. The molecule has 0 bridgehead atoms. The number of benzene rings is 2. The van der Waals surface area contributed by atoms with Gasteiger partial charge in [0.1, 0.15) is 10.6 Å². The molecule has 174 valence electrons. The molecule has 1 fully saturated rings. The lowest BCUT2D eigenvalue weighted by Gasteiger charge is -2.34. The van der Waals surface area contributed by atoms with Gasteiger partial charge in [0.15, 0.2) is 0 Å². The van der Waals surface area contributed by atoms with Crippen LogP contribution in [0.4, 0.5) is 11.4 Å². The van der Waals surface area contributed by atoms with Gasteiger partial charge in [-0.15, -0.1) is 0 Å². The summed E-state index contributed by atoms with van der Waals surface area (Å²) < 4.78 is 33.8. The van der Waals surface area contributed by atoms with E-state index in [4.69, 9.17) is 4.74 Å². The number of anilines is 2. The Balaban J connectivity index is 1.90. The van der Waals surface area contributed by atoms with Crippen LogP contribution in [0.25, 0.3) is 0 Å². The SMILES string of the molecule is CCN(C)c1cccc(NC(=O)c2ccc(OC)c(S(=O)(=O)N3CC(C)CC(C)C3)c2)c1. The van der Waals surface area contributed by atoms with Crippen LogP contribution in [0.15, 0.2) is 47.4 Å². The molecule has 1 N–H and O–H groups in total. The van der Waals surface area contributed by atoms with Crippen LogP contribution in [0, 0.1) is 11.8 Å². The van der Waals surface area contributed by atoms with Gasteiger partial charge in [0.25, 0.3) is 5.91 Å². The second-order valence-corrected chi connectivity index (χ2v) is 10.6. The van der Waals surface area contributed by atoms with Crippen molar-refractivity contribution in [1.29, 1.82) is 0 Å². The smallest absolute Gasteiger partial charge is 0.255 e. The summed E-state index contributed by atoms with van der Waals surface area (Å²) in [6, 6.07) is 12.1. The van der Waals surface area contributed by atoms with Crippen molar-refractivity contribution >= 4 is 27.3 Å². The van der Waals surface area contributed by atoms with Gasteiger partial charge in [0.2, 0.25) is 10.0 Å². The predicted octanol–water partition coefficient (Wildman–Crippen LogP) is 4.07. The molecule has 0 radical (unpaired) electrons. The normalized spacial score (nSPS) is 19.4. The molecule has 2 unspecified atom stereocenters. The van der Waals surface area contributed by atoms with Gasteiger partial charge in [-0.2, -0.15) is 4.31 Å². The van der Waals surface area contributed by atoms with Gasteiger partial charge in [0, 0.05) is 43.6 Å². The van der Waals surface area contributed by atoms with Gasteiger partial charge in [-0.25, -0.2) is 8.42 Å². The summed E-state index contributed by atoms with van der Waals surface area (Å²) in [4.78, 5) is 15.0. The maximum Gasteiger partial charge on any atom is 0.255 e. The largest absolute Gasteiger partial charge is 0.495 e. The highest BCUT2D eigenvalue weighted by Crippen LogP contribution is 2.32. The van der Waals surface area contributed by atoms with Crippen molar-refractivity contribution in [3.05, 3.63) is 48.0 Å². The molecule has 7 nitrogen and oxygen atoms in total. The number of carbonyl (C=O) groups is 1. The Morgan fingerprint density at radius 3 is 2.47 bits per heavy atom. The molecule has 1 amide bonds. The molecule has 1 saturated heterocycles. The number of hydrogen-bond donors (Lipinski definition) is 1. The Morgan fingerprint density at radius 2 is 1.84 bits per heavy atom. The van der Waals surface area contributed by atoms with Crippen LogP contribution in [-0.4, -0.2) is 52.4 Å². The van der Waals surface area contributed by atoms with Crippen LogP contribution in [0.3, 0.4) is 0 Å². The minimum Gasteiger partial charge on any atom is -0.495 e. The average molecular weight is 460 g/mol. The predicted molar refractivity (Wildman–Crippen MR) is 128 cm³/mol. The third-order valence-electron chi connectivity index (χ3n) is 5.90. The highest BCUT2D eigenvalue weighted by atomic mass is 32.2. The maximum atomic E-state index is 13.5. The Labute approximate surface area is 191 Å². The fourth-order valence-corrected chi connectivity index (χ4v) is 6.03. The molecule has 32 heavy (non-hydrogen) atoms. The Kier molecular flexibility index (Phi) is 7.46. The molecule has 1 aliphatic rings. The number of piperidine rings is 1. The van der Waals surface area contributed by atoms with Crippen LogP contribution < -0.4 is 15.0 Å². The lowest BCUT2D eigenvalue weighted by Crippen LogP contribution is -2.42. The second kappa shape index (κ2) is 9.92. The molecule has 0 aromatic heterocycles. The molecule has 0 aliphatic carbocycles. The number of carbonyl (C=O) groups excluding carboxylic acids is 1. The summed E-state index contributed by atoms with van der Waals surface area (Å²) in [6.07, 6.45) is 0.998. The summed E-state index contributed by atoms with van der Waals surface area (Å²) in [7, 11) is -0.387. The first-order chi connectivity index (χ1) is 15.1. The molecule has 1 heterocycles. The Bertz CT molecular complexity index is 1060. The molecule has 3 rings (SSSR count). The molecule has 2 aromatic carbocycles. The zero-order valence-electron chi connectivity index (χ0n) is 19.5. The van der Waals surface area contributed by atoms with Crippen molar-refractivity contribution in [3.63, 3.8) is 0 Å². The highest BCUT2D eigenvalue weighted by Gasteiger charge is 2.34. The third-order valence-corrected chi connectivity index (χ3v) is 7.75. The molecule has 0 spiro atoms. The van der Waals surface area contributed by atoms with E-state index in [1.54, 1.807) is 12.1 Å². The van der Waals surface area contributed by atoms with Crippen LogP contribution in [0.5, 0.6) is 5.75 Å². The molecule has 0 saturated carbocycles. The van der Waals surface area contributed by atoms with E-state index in [9.17, 15) is 13.2 Å². The van der Waals surface area contributed by atoms with Crippen LogP contribution in [0.1, 0.15) is 37.6 Å². The number of amides is 1. The van der Waals surface area contributed by atoms with Crippen molar-refractivity contribution in [3.8, 4) is 5.75 Å². The van der Waals surface area contributed by atoms with E-state index in [0.717, 1.165) is 18.7 Å². The number of hydrogen-bond acceptors (Lipinski definition) is 5. The topological polar surface area (TPSA) is 79.0 Å². The van der Waals surface area contributed by atoms with Gasteiger partial charge in [0.05, 0.1) is 7.11 Å². The second-order valence-electron chi connectivity index (χ2n) is 8.65. The van der Waals surface area contributed by atoms with Crippen LogP contribution in [0.2, 0.25) is 0 Å². The average Bonchev–Trinajstić information content (AvgIpc) is 2.77. The number of methoxy groups -OCH3 is 1. The van der Waals surface area contributed by atoms with Crippen molar-refractivity contribution < 1.29 is 17.9 Å². The van der Waals surface area contributed by atoms with Crippen LogP contribution in [-0.2, 0) is 10.0 Å². The van der Waals surface area contributed by atoms with Crippen molar-refractivity contribution in [2.75, 3.05) is 44.0 Å².